The number of rotatable bonds is 4. The van der Waals surface area contributed by atoms with Gasteiger partial charge in [0.05, 0.1) is 20.3 Å². The molecule has 2 aromatic carbocycles. The summed E-state index contributed by atoms with van der Waals surface area (Å²) in [4.78, 5) is 15.7. The topological polar surface area (TPSA) is 38.8 Å². The third kappa shape index (κ3) is 3.35. The highest BCUT2D eigenvalue weighted by atomic mass is 32.1. The quantitative estimate of drug-likeness (QED) is 0.613. The standard InChI is InChI=1S/C22H19F2NO3S/c1-27-17-11-13-8-9-25(22(26)20-15(23)5-3-6-16(20)24)21(19-7-4-10-29-19)14(13)12-18(17)28-2/h3-7,10-12,21H,8-9H2,1-2H3/t21-/m1/s1. The van der Waals surface area contributed by atoms with E-state index in [0.717, 1.165) is 28.1 Å². The zero-order chi connectivity index (χ0) is 20.5. The maximum Gasteiger partial charge on any atom is 0.260 e. The van der Waals surface area contributed by atoms with E-state index in [4.69, 9.17) is 9.47 Å². The average molecular weight is 415 g/mol. The number of thiophene rings is 1. The Labute approximate surface area is 171 Å². The molecule has 0 unspecified atom stereocenters. The van der Waals surface area contributed by atoms with Crippen LogP contribution in [-0.4, -0.2) is 31.6 Å². The number of nitrogens with zero attached hydrogens (tertiary/aromatic N) is 1. The van der Waals surface area contributed by atoms with Crippen molar-refractivity contribution >= 4 is 17.2 Å². The third-order valence-corrected chi connectivity index (χ3v) is 6.05. The van der Waals surface area contributed by atoms with E-state index in [9.17, 15) is 13.6 Å². The van der Waals surface area contributed by atoms with Crippen LogP contribution < -0.4 is 9.47 Å². The summed E-state index contributed by atoms with van der Waals surface area (Å²) >= 11 is 1.49. The Bertz CT molecular complexity index is 1030. The van der Waals surface area contributed by atoms with E-state index in [2.05, 4.69) is 0 Å². The lowest BCUT2D eigenvalue weighted by atomic mass is 9.90. The summed E-state index contributed by atoms with van der Waals surface area (Å²) < 4.78 is 39.5. The molecular weight excluding hydrogens is 396 g/mol. The van der Waals surface area contributed by atoms with Crippen LogP contribution in [0.25, 0.3) is 0 Å². The van der Waals surface area contributed by atoms with Gasteiger partial charge in [0.1, 0.15) is 17.2 Å². The Kier molecular flexibility index (Phi) is 5.24. The molecule has 0 fully saturated rings. The summed E-state index contributed by atoms with van der Waals surface area (Å²) in [6.45, 7) is 0.331. The summed E-state index contributed by atoms with van der Waals surface area (Å²) in [5.41, 5.74) is 1.35. The first-order chi connectivity index (χ1) is 14.0. The second-order valence-corrected chi connectivity index (χ2v) is 7.65. The lowest BCUT2D eigenvalue weighted by molar-refractivity contribution is 0.0687. The molecular formula is C22H19F2NO3S. The molecule has 0 spiro atoms. The van der Waals surface area contributed by atoms with Crippen LogP contribution in [0.3, 0.4) is 0 Å². The number of carbonyl (C=O) groups excluding carboxylic acids is 1. The van der Waals surface area contributed by atoms with E-state index in [1.165, 1.54) is 22.3 Å². The lowest BCUT2D eigenvalue weighted by Crippen LogP contribution is -2.41. The van der Waals surface area contributed by atoms with Crippen molar-refractivity contribution in [2.24, 2.45) is 0 Å². The summed E-state index contributed by atoms with van der Waals surface area (Å²) in [5.74, 6) is -1.24. The SMILES string of the molecule is COc1cc2c(cc1OC)[C@H](c1cccs1)N(C(=O)c1c(F)cccc1F)CC2. The van der Waals surface area contributed by atoms with Gasteiger partial charge in [-0.25, -0.2) is 8.78 Å². The molecule has 0 N–H and O–H groups in total. The summed E-state index contributed by atoms with van der Waals surface area (Å²) in [5, 5.41) is 1.91. The van der Waals surface area contributed by atoms with Crippen molar-refractivity contribution in [3.05, 3.63) is 81.0 Å². The van der Waals surface area contributed by atoms with Gasteiger partial charge in [0.25, 0.3) is 5.91 Å². The molecule has 7 heteroatoms. The number of ether oxygens (including phenoxy) is 2. The monoisotopic (exact) mass is 415 g/mol. The minimum Gasteiger partial charge on any atom is -0.493 e. The molecule has 0 bridgehead atoms. The predicted octanol–water partition coefficient (Wildman–Crippen LogP) is 4.83. The van der Waals surface area contributed by atoms with Gasteiger partial charge >= 0.3 is 0 Å². The van der Waals surface area contributed by atoms with Crippen LogP contribution >= 0.6 is 11.3 Å². The summed E-state index contributed by atoms with van der Waals surface area (Å²) in [6.07, 6.45) is 0.541. The van der Waals surface area contributed by atoms with Crippen LogP contribution in [0.2, 0.25) is 0 Å². The van der Waals surface area contributed by atoms with Gasteiger partial charge in [-0.1, -0.05) is 12.1 Å². The largest absolute Gasteiger partial charge is 0.493 e. The zero-order valence-corrected chi connectivity index (χ0v) is 16.8. The van der Waals surface area contributed by atoms with Crippen molar-refractivity contribution in [1.82, 2.24) is 4.90 Å². The van der Waals surface area contributed by atoms with Gasteiger partial charge < -0.3 is 14.4 Å². The number of fused-ring (bicyclic) bond motifs is 1. The molecule has 3 aromatic rings. The normalized spacial score (nSPS) is 15.7. The summed E-state index contributed by atoms with van der Waals surface area (Å²) in [6, 6.07) is 10.5. The molecule has 0 saturated carbocycles. The molecule has 1 aliphatic heterocycles. The van der Waals surface area contributed by atoms with E-state index < -0.39 is 29.1 Å². The number of amides is 1. The molecule has 1 aromatic heterocycles. The Morgan fingerprint density at radius 2 is 1.76 bits per heavy atom. The molecule has 29 heavy (non-hydrogen) atoms. The van der Waals surface area contributed by atoms with Gasteiger partial charge in [-0.05, 0) is 53.3 Å². The van der Waals surface area contributed by atoms with Crippen LogP contribution in [0.4, 0.5) is 8.78 Å². The number of hydrogen-bond acceptors (Lipinski definition) is 4. The number of methoxy groups -OCH3 is 2. The fourth-order valence-electron chi connectivity index (χ4n) is 3.76. The minimum absolute atomic E-state index is 0.331. The molecule has 0 radical (unpaired) electrons. The second kappa shape index (κ2) is 7.83. The third-order valence-electron chi connectivity index (χ3n) is 5.12. The van der Waals surface area contributed by atoms with Gasteiger partial charge in [-0.3, -0.25) is 4.79 Å². The Morgan fingerprint density at radius 1 is 1.07 bits per heavy atom. The van der Waals surface area contributed by atoms with E-state index in [0.29, 0.717) is 24.5 Å². The zero-order valence-electron chi connectivity index (χ0n) is 15.9. The first-order valence-corrected chi connectivity index (χ1v) is 9.96. The van der Waals surface area contributed by atoms with Gasteiger partial charge in [0, 0.05) is 11.4 Å². The maximum atomic E-state index is 14.3. The van der Waals surface area contributed by atoms with Gasteiger partial charge in [-0.15, -0.1) is 11.3 Å². The Hall–Kier alpha value is -2.93. The number of carbonyl (C=O) groups is 1. The molecule has 0 aliphatic carbocycles. The van der Waals surface area contributed by atoms with Gasteiger partial charge in [0.15, 0.2) is 11.5 Å². The fraction of sp³-hybridized carbons (Fsp3) is 0.227. The Morgan fingerprint density at radius 3 is 2.38 bits per heavy atom. The van der Waals surface area contributed by atoms with Crippen molar-refractivity contribution in [2.45, 2.75) is 12.5 Å². The Balaban J connectivity index is 1.85. The molecule has 4 rings (SSSR count). The number of halogens is 2. The molecule has 2 heterocycles. The van der Waals surface area contributed by atoms with Gasteiger partial charge in [-0.2, -0.15) is 0 Å². The highest BCUT2D eigenvalue weighted by Gasteiger charge is 2.36. The van der Waals surface area contributed by atoms with Crippen LogP contribution in [0.15, 0.2) is 47.8 Å². The highest BCUT2D eigenvalue weighted by Crippen LogP contribution is 2.42. The molecule has 1 aliphatic rings. The molecule has 4 nitrogen and oxygen atoms in total. The molecule has 1 atom stereocenters. The fourth-order valence-corrected chi connectivity index (χ4v) is 4.62. The van der Waals surface area contributed by atoms with Crippen LogP contribution in [-0.2, 0) is 6.42 Å². The van der Waals surface area contributed by atoms with Crippen molar-refractivity contribution < 1.29 is 23.0 Å². The first-order valence-electron chi connectivity index (χ1n) is 9.08. The van der Waals surface area contributed by atoms with Gasteiger partial charge in [0.2, 0.25) is 0 Å². The predicted molar refractivity (Wildman–Crippen MR) is 107 cm³/mol. The summed E-state index contributed by atoms with van der Waals surface area (Å²) in [7, 11) is 3.12. The molecule has 0 saturated heterocycles. The first kappa shape index (κ1) is 19.4. The van der Waals surface area contributed by atoms with Crippen LogP contribution in [0.1, 0.15) is 32.4 Å². The van der Waals surface area contributed by atoms with E-state index in [-0.39, 0.29) is 0 Å². The lowest BCUT2D eigenvalue weighted by Gasteiger charge is -2.37. The minimum atomic E-state index is -0.863. The molecule has 1 amide bonds. The van der Waals surface area contributed by atoms with Crippen molar-refractivity contribution in [1.29, 1.82) is 0 Å². The number of benzene rings is 2. The van der Waals surface area contributed by atoms with Crippen molar-refractivity contribution in [3.63, 3.8) is 0 Å². The highest BCUT2D eigenvalue weighted by molar-refractivity contribution is 7.10. The van der Waals surface area contributed by atoms with E-state index >= 15 is 0 Å². The van der Waals surface area contributed by atoms with E-state index in [1.807, 2.05) is 29.6 Å². The smallest absolute Gasteiger partial charge is 0.260 e. The van der Waals surface area contributed by atoms with E-state index in [1.54, 1.807) is 14.2 Å². The van der Waals surface area contributed by atoms with Crippen LogP contribution in [0, 0.1) is 11.6 Å². The van der Waals surface area contributed by atoms with Crippen molar-refractivity contribution in [2.75, 3.05) is 20.8 Å². The number of hydrogen-bond donors (Lipinski definition) is 0. The van der Waals surface area contributed by atoms with Crippen molar-refractivity contribution in [3.8, 4) is 11.5 Å². The second-order valence-electron chi connectivity index (χ2n) is 6.67. The maximum absolute atomic E-state index is 14.3. The molecule has 150 valence electrons. The average Bonchev–Trinajstić information content (AvgIpc) is 3.26. The van der Waals surface area contributed by atoms with Crippen LogP contribution in [0.5, 0.6) is 11.5 Å².